The number of phosphoric ester groups is 1. The maximum Gasteiger partial charge on any atom is 0.472 e. The van der Waals surface area contributed by atoms with E-state index in [0.29, 0.717) is 32.1 Å². The van der Waals surface area contributed by atoms with Gasteiger partial charge in [0.15, 0.2) is 24.8 Å². The largest absolute Gasteiger partial charge is 0.472 e. The van der Waals surface area contributed by atoms with Crippen molar-refractivity contribution in [2.24, 2.45) is 0 Å². The smallest absolute Gasteiger partial charge is 0.463 e. The van der Waals surface area contributed by atoms with Gasteiger partial charge in [0, 0.05) is 25.7 Å². The lowest BCUT2D eigenvalue weighted by molar-refractivity contribution is -0.360. The van der Waals surface area contributed by atoms with E-state index in [1.54, 1.807) is 0 Å². The molecule has 3 fully saturated rings. The van der Waals surface area contributed by atoms with Crippen LogP contribution in [-0.2, 0) is 70.7 Å². The summed E-state index contributed by atoms with van der Waals surface area (Å²) in [5.41, 5.74) is 0. The molecular formula is C95H177O25P. The van der Waals surface area contributed by atoms with Gasteiger partial charge in [-0.3, -0.25) is 28.2 Å². The van der Waals surface area contributed by atoms with E-state index in [2.05, 4.69) is 39.8 Å². The van der Waals surface area contributed by atoms with E-state index in [9.17, 15) is 74.6 Å². The van der Waals surface area contributed by atoms with E-state index in [0.717, 1.165) is 148 Å². The van der Waals surface area contributed by atoms with E-state index in [1.165, 1.54) is 205 Å². The number of aliphatic hydroxyl groups is 9. The van der Waals surface area contributed by atoms with Gasteiger partial charge in [0.05, 0.1) is 13.2 Å². The Morgan fingerprint density at radius 2 is 0.620 bits per heavy atom. The van der Waals surface area contributed by atoms with Crippen LogP contribution in [0.5, 0.6) is 0 Å². The number of esters is 4. The molecule has 2 saturated heterocycles. The molecule has 0 aromatic heterocycles. The molecule has 3 rings (SSSR count). The van der Waals surface area contributed by atoms with Crippen molar-refractivity contribution in [2.75, 3.05) is 26.4 Å². The van der Waals surface area contributed by atoms with E-state index in [4.69, 9.17) is 46.9 Å². The summed E-state index contributed by atoms with van der Waals surface area (Å²) in [5.74, 6) is -2.95. The van der Waals surface area contributed by atoms with Gasteiger partial charge in [-0.2, -0.15) is 0 Å². The highest BCUT2D eigenvalue weighted by Crippen LogP contribution is 2.49. The maximum absolute atomic E-state index is 14.9. The molecule has 2 heterocycles. The van der Waals surface area contributed by atoms with Crippen LogP contribution < -0.4 is 0 Å². The molecule has 18 unspecified atom stereocenters. The summed E-state index contributed by atoms with van der Waals surface area (Å²) in [7, 11) is -5.81. The molecule has 25 nitrogen and oxygen atoms in total. The Balaban J connectivity index is 1.90. The SMILES string of the molecule is CCCCCC/C=C\CCCCCCCCCC(=O)OCC1OC(OC2C(OC(=O)CCCCCCCCCCCCCCCCC)C(O)C(O)C(OC3OC(CO)C(O)C(O)C3O)C2OP(=O)(O)OCC(COC(=O)CCCCCCCCCCCCCCCCCC)OC(=O)CCCCCCCCCCCCCCCCCC)C(O)C(O)C1O. The highest BCUT2D eigenvalue weighted by molar-refractivity contribution is 7.47. The summed E-state index contributed by atoms with van der Waals surface area (Å²) in [4.78, 5) is 66.6. The van der Waals surface area contributed by atoms with Crippen LogP contribution >= 0.6 is 7.82 Å². The van der Waals surface area contributed by atoms with Crippen molar-refractivity contribution in [1.29, 1.82) is 0 Å². The monoisotopic (exact) mass is 1750 g/mol. The minimum Gasteiger partial charge on any atom is -0.463 e. The first-order valence-electron chi connectivity index (χ1n) is 49.4. The fourth-order valence-electron chi connectivity index (χ4n) is 16.4. The van der Waals surface area contributed by atoms with Crippen LogP contribution in [0, 0.1) is 0 Å². The van der Waals surface area contributed by atoms with Crippen molar-refractivity contribution in [2.45, 2.75) is 543 Å². The lowest BCUT2D eigenvalue weighted by Crippen LogP contribution is -2.70. The molecule has 3 aliphatic rings. The van der Waals surface area contributed by atoms with Crippen LogP contribution in [0.1, 0.15) is 439 Å². The standard InChI is InChI=1S/C95H177O25P/c1-5-9-13-17-21-25-29-33-37-41-44-47-51-55-59-63-67-78(97)111-72-75(114-80(99)69-65-61-57-53-49-46-42-38-34-30-26-22-18-14-10-6-2)73-113-121(109,110)120-93-91(118-94-88(107)84(103)82(101)76(71-96)115-94)87(106)86(105)90(117-81(100)70-66-62-58-54-50-45-40-36-32-28-24-20-16-12-8-4)92(93)119-95-89(108)85(104)83(102)77(116-95)74-112-79(98)68-64-60-56-52-48-43-39-35-31-27-23-19-15-11-7-3/h27,31,75-77,82-96,101-108H,5-26,28-30,32-74H2,1-4H3,(H,109,110)/b31-27-. The van der Waals surface area contributed by atoms with Crippen LogP contribution in [0.25, 0.3) is 0 Å². The predicted octanol–water partition coefficient (Wildman–Crippen LogP) is 19.1. The second-order valence-corrected chi connectivity index (χ2v) is 36.7. The molecule has 26 heteroatoms. The third kappa shape index (κ3) is 53.7. The molecule has 0 spiro atoms. The molecular weight excluding hydrogens is 1570 g/mol. The van der Waals surface area contributed by atoms with Gasteiger partial charge in [-0.25, -0.2) is 4.57 Å². The molecule has 121 heavy (non-hydrogen) atoms. The van der Waals surface area contributed by atoms with Crippen LogP contribution in [-0.4, -0.2) is 205 Å². The molecule has 1 aliphatic carbocycles. The van der Waals surface area contributed by atoms with Gasteiger partial charge < -0.3 is 88.7 Å². The molecule has 0 amide bonds. The summed E-state index contributed by atoms with van der Waals surface area (Å²) in [5, 5.41) is 102. The first kappa shape index (κ1) is 112. The number of rotatable bonds is 81. The normalized spacial score (nSPS) is 24.6. The Morgan fingerprint density at radius 1 is 0.322 bits per heavy atom. The first-order chi connectivity index (χ1) is 58.7. The van der Waals surface area contributed by atoms with Gasteiger partial charge in [0.25, 0.3) is 0 Å². The number of phosphoric acid groups is 1. The maximum atomic E-state index is 14.9. The third-order valence-corrected chi connectivity index (χ3v) is 25.3. The van der Waals surface area contributed by atoms with E-state index in [1.807, 2.05) is 0 Å². The Kier molecular flexibility index (Phi) is 68.8. The van der Waals surface area contributed by atoms with Gasteiger partial charge in [-0.1, -0.05) is 374 Å². The Labute approximate surface area is 731 Å². The van der Waals surface area contributed by atoms with Gasteiger partial charge >= 0.3 is 31.7 Å². The van der Waals surface area contributed by atoms with Crippen LogP contribution in [0.15, 0.2) is 12.2 Å². The Bertz CT molecular complexity index is 2550. The summed E-state index contributed by atoms with van der Waals surface area (Å²) in [6.07, 6.45) is 34.5. The number of hydrogen-bond donors (Lipinski definition) is 10. The van der Waals surface area contributed by atoms with Gasteiger partial charge in [-0.05, 0) is 51.4 Å². The van der Waals surface area contributed by atoms with Crippen molar-refractivity contribution in [3.05, 3.63) is 12.2 Å². The van der Waals surface area contributed by atoms with Crippen molar-refractivity contribution in [1.82, 2.24) is 0 Å². The van der Waals surface area contributed by atoms with E-state index >= 15 is 0 Å². The highest BCUT2D eigenvalue weighted by Gasteiger charge is 2.60. The van der Waals surface area contributed by atoms with Crippen molar-refractivity contribution in [3.8, 4) is 0 Å². The number of ether oxygens (including phenoxy) is 8. The van der Waals surface area contributed by atoms with Gasteiger partial charge in [0.1, 0.15) is 92.6 Å². The molecule has 2 aliphatic heterocycles. The lowest BCUT2D eigenvalue weighted by Gasteiger charge is -2.50. The lowest BCUT2D eigenvalue weighted by atomic mass is 9.84. The zero-order valence-corrected chi connectivity index (χ0v) is 77.0. The fraction of sp³-hybridized carbons (Fsp3) is 0.937. The predicted molar refractivity (Wildman–Crippen MR) is 472 cm³/mol. The van der Waals surface area contributed by atoms with Crippen LogP contribution in [0.3, 0.4) is 0 Å². The zero-order chi connectivity index (χ0) is 88.2. The average Bonchev–Trinajstić information content (AvgIpc) is 0.753. The summed E-state index contributed by atoms with van der Waals surface area (Å²) in [6, 6.07) is 0. The average molecular weight is 1750 g/mol. The molecule has 18 atom stereocenters. The molecule has 0 bridgehead atoms. The minimum atomic E-state index is -5.81. The van der Waals surface area contributed by atoms with Crippen LogP contribution in [0.2, 0.25) is 0 Å². The Hall–Kier alpha value is -2.79. The Morgan fingerprint density at radius 3 is 0.992 bits per heavy atom. The van der Waals surface area contributed by atoms with Gasteiger partial charge in [-0.15, -0.1) is 0 Å². The second-order valence-electron chi connectivity index (χ2n) is 35.3. The minimum absolute atomic E-state index is 0.0113. The molecule has 1 saturated carbocycles. The highest BCUT2D eigenvalue weighted by atomic mass is 31.2. The number of carbonyl (C=O) groups is 4. The molecule has 712 valence electrons. The topological polar surface area (TPSA) is 380 Å². The quantitative estimate of drug-likeness (QED) is 0.00889. The number of allylic oxidation sites excluding steroid dienone is 2. The molecule has 10 N–H and O–H groups in total. The number of hydrogen-bond acceptors (Lipinski definition) is 24. The first-order valence-corrected chi connectivity index (χ1v) is 50.9. The molecule has 0 radical (unpaired) electrons. The van der Waals surface area contributed by atoms with Crippen LogP contribution in [0.4, 0.5) is 0 Å². The van der Waals surface area contributed by atoms with Crippen molar-refractivity contribution < 1.29 is 122 Å². The summed E-state index contributed by atoms with van der Waals surface area (Å²) in [6.45, 7) is 5.64. The number of unbranched alkanes of at least 4 members (excludes halogenated alkanes) is 55. The zero-order valence-electron chi connectivity index (χ0n) is 76.1. The second kappa shape index (κ2) is 74.0. The fourth-order valence-corrected chi connectivity index (χ4v) is 17.4. The molecule has 0 aromatic rings. The summed E-state index contributed by atoms with van der Waals surface area (Å²) < 4.78 is 73.6. The van der Waals surface area contributed by atoms with Crippen molar-refractivity contribution in [3.63, 3.8) is 0 Å². The number of carbonyl (C=O) groups excluding carboxylic acids is 4. The summed E-state index contributed by atoms with van der Waals surface area (Å²) >= 11 is 0. The van der Waals surface area contributed by atoms with Crippen molar-refractivity contribution >= 4 is 31.7 Å². The van der Waals surface area contributed by atoms with Gasteiger partial charge in [0.2, 0.25) is 0 Å². The van der Waals surface area contributed by atoms with E-state index < -0.39 is 162 Å². The molecule has 0 aromatic carbocycles. The number of aliphatic hydroxyl groups excluding tert-OH is 9. The third-order valence-electron chi connectivity index (χ3n) is 24.3. The van der Waals surface area contributed by atoms with E-state index in [-0.39, 0.29) is 25.7 Å².